The summed E-state index contributed by atoms with van der Waals surface area (Å²) in [6.07, 6.45) is 4.29. The lowest BCUT2D eigenvalue weighted by molar-refractivity contribution is 0.678. The summed E-state index contributed by atoms with van der Waals surface area (Å²) in [5, 5.41) is 3.00. The molecule has 0 saturated heterocycles. The highest BCUT2D eigenvalue weighted by Crippen LogP contribution is 1.85. The van der Waals surface area contributed by atoms with Gasteiger partial charge in [-0.2, -0.15) is 0 Å². The molecule has 12 heavy (non-hydrogen) atoms. The van der Waals surface area contributed by atoms with Crippen molar-refractivity contribution < 1.29 is 4.21 Å². The van der Waals surface area contributed by atoms with Crippen LogP contribution in [0.2, 0.25) is 0 Å². The molecule has 0 radical (unpaired) electrons. The van der Waals surface area contributed by atoms with Crippen LogP contribution in [0.25, 0.3) is 0 Å². The molecule has 0 aliphatic rings. The van der Waals surface area contributed by atoms with Gasteiger partial charge in [-0.1, -0.05) is 13.8 Å². The number of nitrogens with one attached hydrogen (secondary N) is 1. The fourth-order valence-electron chi connectivity index (χ4n) is 0.540. The van der Waals surface area contributed by atoms with Crippen LogP contribution in [0, 0.1) is 0 Å². The zero-order valence-electron chi connectivity index (χ0n) is 8.89. The van der Waals surface area contributed by atoms with Crippen LogP contribution in [-0.4, -0.2) is 36.9 Å². The van der Waals surface area contributed by atoms with Crippen LogP contribution in [0.1, 0.15) is 20.3 Å². The Morgan fingerprint density at radius 1 is 1.33 bits per heavy atom. The monoisotopic (exact) mass is 194 g/mol. The van der Waals surface area contributed by atoms with Gasteiger partial charge >= 0.3 is 0 Å². The third-order valence-corrected chi connectivity index (χ3v) is 1.79. The van der Waals surface area contributed by atoms with Gasteiger partial charge < -0.3 is 5.32 Å². The quantitative estimate of drug-likeness (QED) is 0.686. The fourth-order valence-corrected chi connectivity index (χ4v) is 1.11. The van der Waals surface area contributed by atoms with Crippen molar-refractivity contribution in [2.75, 3.05) is 32.6 Å². The number of hydrogen-bond acceptors (Lipinski definition) is 3. The topological polar surface area (TPSA) is 41.5 Å². The van der Waals surface area contributed by atoms with Gasteiger partial charge in [-0.05, 0) is 20.0 Å². The molecule has 0 bridgehead atoms. The minimum Gasteiger partial charge on any atom is -0.320 e. The van der Waals surface area contributed by atoms with Gasteiger partial charge in [0.1, 0.15) is 0 Å². The van der Waals surface area contributed by atoms with E-state index < -0.39 is 9.73 Å². The molecule has 0 amide bonds. The van der Waals surface area contributed by atoms with Crippen LogP contribution in [0.4, 0.5) is 0 Å². The molecule has 0 aromatic heterocycles. The summed E-state index contributed by atoms with van der Waals surface area (Å²) >= 11 is 0. The molecule has 0 aliphatic heterocycles. The van der Waals surface area contributed by atoms with Crippen molar-refractivity contribution in [3.8, 4) is 0 Å². The lowest BCUT2D eigenvalue weighted by atomic mass is 10.4. The summed E-state index contributed by atoms with van der Waals surface area (Å²) < 4.78 is 14.9. The number of rotatable bonds is 4. The molecule has 0 heterocycles. The van der Waals surface area contributed by atoms with Crippen LogP contribution < -0.4 is 5.32 Å². The molecule has 76 valence electrons. The van der Waals surface area contributed by atoms with Gasteiger partial charge in [0.25, 0.3) is 0 Å². The first kappa shape index (κ1) is 14.4. The van der Waals surface area contributed by atoms with Crippen LogP contribution in [0.5, 0.6) is 0 Å². The van der Waals surface area contributed by atoms with E-state index in [2.05, 4.69) is 9.68 Å². The molecule has 0 fully saturated rings. The Labute approximate surface area is 77.1 Å². The van der Waals surface area contributed by atoms with E-state index >= 15 is 0 Å². The molecule has 0 aromatic rings. The maximum atomic E-state index is 11.0. The van der Waals surface area contributed by atoms with Crippen LogP contribution >= 0.6 is 0 Å². The highest BCUT2D eigenvalue weighted by Gasteiger charge is 1.87. The zero-order chi connectivity index (χ0) is 10.0. The number of nitrogens with zero attached hydrogens (tertiary/aromatic N) is 1. The minimum atomic E-state index is -1.86. The van der Waals surface area contributed by atoms with E-state index in [-0.39, 0.29) is 0 Å². The SMILES string of the molecule is CC.CNCCCN=S(C)(C)=O. The van der Waals surface area contributed by atoms with E-state index in [1.54, 1.807) is 12.5 Å². The predicted molar refractivity (Wildman–Crippen MR) is 57.2 cm³/mol. The third kappa shape index (κ3) is 16.5. The van der Waals surface area contributed by atoms with E-state index in [0.29, 0.717) is 6.54 Å². The van der Waals surface area contributed by atoms with Crippen LogP contribution in [0.15, 0.2) is 4.36 Å². The standard InChI is InChI=1S/C6H16N2OS.C2H6/c1-7-5-4-6-8-10(2,3)9;1-2/h7H,4-6H2,1-3H3;1-2H3. The van der Waals surface area contributed by atoms with Gasteiger partial charge in [-0.15, -0.1) is 0 Å². The highest BCUT2D eigenvalue weighted by atomic mass is 32.2. The Bertz CT molecular complexity index is 175. The summed E-state index contributed by atoms with van der Waals surface area (Å²) in [6, 6.07) is 0. The molecule has 0 spiro atoms. The van der Waals surface area contributed by atoms with Crippen LogP contribution in [-0.2, 0) is 9.73 Å². The summed E-state index contributed by atoms with van der Waals surface area (Å²) in [4.78, 5) is 0. The lowest BCUT2D eigenvalue weighted by Gasteiger charge is -1.96. The first-order chi connectivity index (χ1) is 5.56. The highest BCUT2D eigenvalue weighted by molar-refractivity contribution is 7.92. The summed E-state index contributed by atoms with van der Waals surface area (Å²) in [5.74, 6) is 0. The predicted octanol–water partition coefficient (Wildman–Crippen LogP) is 1.35. The van der Waals surface area contributed by atoms with Gasteiger partial charge in [0.15, 0.2) is 0 Å². The largest absolute Gasteiger partial charge is 0.320 e. The lowest BCUT2D eigenvalue weighted by Crippen LogP contribution is -2.08. The van der Waals surface area contributed by atoms with Gasteiger partial charge in [0, 0.05) is 28.8 Å². The van der Waals surface area contributed by atoms with E-state index in [1.165, 1.54) is 0 Å². The van der Waals surface area contributed by atoms with Gasteiger partial charge in [0.2, 0.25) is 0 Å². The van der Waals surface area contributed by atoms with E-state index in [9.17, 15) is 4.21 Å². The minimum absolute atomic E-state index is 0.701. The second kappa shape index (κ2) is 9.00. The van der Waals surface area contributed by atoms with E-state index in [0.717, 1.165) is 13.0 Å². The van der Waals surface area contributed by atoms with Crippen molar-refractivity contribution in [1.29, 1.82) is 0 Å². The molecule has 0 unspecified atom stereocenters. The zero-order valence-corrected chi connectivity index (χ0v) is 9.70. The van der Waals surface area contributed by atoms with Gasteiger partial charge in [0.05, 0.1) is 0 Å². The molecule has 0 saturated carbocycles. The molecule has 0 rings (SSSR count). The smallest absolute Gasteiger partial charge is 0.0496 e. The fraction of sp³-hybridized carbons (Fsp3) is 1.00. The van der Waals surface area contributed by atoms with Crippen molar-refractivity contribution in [2.24, 2.45) is 4.36 Å². The Morgan fingerprint density at radius 2 is 1.83 bits per heavy atom. The van der Waals surface area contributed by atoms with Crippen molar-refractivity contribution >= 4 is 9.73 Å². The summed E-state index contributed by atoms with van der Waals surface area (Å²) in [5.41, 5.74) is 0. The van der Waals surface area contributed by atoms with Gasteiger partial charge in [-0.3, -0.25) is 4.21 Å². The number of hydrogen-bond donors (Lipinski definition) is 1. The first-order valence-corrected chi connectivity index (χ1v) is 6.67. The normalized spacial score (nSPS) is 10.1. The van der Waals surface area contributed by atoms with E-state index in [4.69, 9.17) is 0 Å². The Morgan fingerprint density at radius 3 is 2.17 bits per heavy atom. The third-order valence-electron chi connectivity index (χ3n) is 0.987. The second-order valence-electron chi connectivity index (χ2n) is 2.49. The van der Waals surface area contributed by atoms with Crippen molar-refractivity contribution in [3.63, 3.8) is 0 Å². The maximum absolute atomic E-state index is 11.0. The van der Waals surface area contributed by atoms with E-state index in [1.807, 2.05) is 20.9 Å². The molecule has 1 N–H and O–H groups in total. The molecule has 4 heteroatoms. The van der Waals surface area contributed by atoms with Gasteiger partial charge in [-0.25, -0.2) is 4.36 Å². The summed E-state index contributed by atoms with van der Waals surface area (Å²) in [6.45, 7) is 5.64. The Kier molecular flexibility index (Phi) is 10.8. The Hall–Kier alpha value is -0.0900. The maximum Gasteiger partial charge on any atom is 0.0496 e. The van der Waals surface area contributed by atoms with Crippen molar-refractivity contribution in [3.05, 3.63) is 0 Å². The molecular weight excluding hydrogens is 172 g/mol. The average Bonchev–Trinajstić information content (AvgIpc) is 2.01. The molecule has 0 atom stereocenters. The van der Waals surface area contributed by atoms with Crippen molar-refractivity contribution in [1.82, 2.24) is 5.32 Å². The average molecular weight is 194 g/mol. The molecule has 0 aromatic carbocycles. The molecule has 3 nitrogen and oxygen atoms in total. The molecular formula is C8H22N2OS. The van der Waals surface area contributed by atoms with Crippen molar-refractivity contribution in [2.45, 2.75) is 20.3 Å². The Balaban J connectivity index is 0. The molecule has 0 aliphatic carbocycles. The second-order valence-corrected chi connectivity index (χ2v) is 5.11. The van der Waals surface area contributed by atoms with Crippen LogP contribution in [0.3, 0.4) is 0 Å². The first-order valence-electron chi connectivity index (χ1n) is 4.34. The summed E-state index contributed by atoms with van der Waals surface area (Å²) in [7, 11) is 0.0406.